The van der Waals surface area contributed by atoms with E-state index >= 15 is 0 Å². The Morgan fingerprint density at radius 1 is 1.03 bits per heavy atom. The van der Waals surface area contributed by atoms with E-state index in [2.05, 4.69) is 75.5 Å². The number of H-pyrrole nitrogens is 1. The van der Waals surface area contributed by atoms with E-state index in [1.165, 1.54) is 4.88 Å². The fraction of sp³-hybridized carbons (Fsp3) is 0.250. The lowest BCUT2D eigenvalue weighted by molar-refractivity contribution is 0.162. The Labute approximate surface area is 213 Å². The zero-order valence-electron chi connectivity index (χ0n) is 20.4. The summed E-state index contributed by atoms with van der Waals surface area (Å²) in [6.07, 6.45) is 1.81. The topological polar surface area (TPSA) is 77.2 Å². The van der Waals surface area contributed by atoms with Crippen molar-refractivity contribution >= 4 is 39.0 Å². The third kappa shape index (κ3) is 4.51. The Morgan fingerprint density at radius 2 is 1.89 bits per heavy atom. The summed E-state index contributed by atoms with van der Waals surface area (Å²) in [5.41, 5.74) is 4.95. The summed E-state index contributed by atoms with van der Waals surface area (Å²) < 4.78 is 0. The van der Waals surface area contributed by atoms with Crippen LogP contribution in [-0.2, 0) is 0 Å². The van der Waals surface area contributed by atoms with Crippen molar-refractivity contribution in [3.63, 3.8) is 0 Å². The standard InChI is InChI=1S/C28H28N6OS/c1-18-5-8-25(36-18)26-22(19-6-7-23-20(14-19)4-3-9-29-23)15-21-16-24(28(35)32-27(21)31-26)30-17-34-12-10-33(2)11-13-34/h3-9,14-16,30H,10-13,17H2,1-2H3,(H,31,32,35). The third-order valence-electron chi connectivity index (χ3n) is 6.81. The first kappa shape index (κ1) is 22.8. The predicted molar refractivity (Wildman–Crippen MR) is 149 cm³/mol. The van der Waals surface area contributed by atoms with Crippen molar-refractivity contribution in [3.8, 4) is 21.7 Å². The van der Waals surface area contributed by atoms with E-state index < -0.39 is 0 Å². The maximum Gasteiger partial charge on any atom is 0.272 e. The van der Waals surface area contributed by atoms with Crippen LogP contribution >= 0.6 is 11.3 Å². The molecule has 2 N–H and O–H groups in total. The molecule has 1 aliphatic rings. The molecule has 0 unspecified atom stereocenters. The van der Waals surface area contributed by atoms with Crippen LogP contribution in [-0.4, -0.2) is 64.6 Å². The lowest BCUT2D eigenvalue weighted by Crippen LogP contribution is -2.46. The van der Waals surface area contributed by atoms with Gasteiger partial charge in [-0.05, 0) is 62.0 Å². The van der Waals surface area contributed by atoms with Gasteiger partial charge in [-0.1, -0.05) is 12.1 Å². The van der Waals surface area contributed by atoms with Crippen molar-refractivity contribution in [2.24, 2.45) is 0 Å². The number of fused-ring (bicyclic) bond motifs is 2. The molecule has 1 aliphatic heterocycles. The second kappa shape index (κ2) is 9.46. The number of pyridine rings is 3. The summed E-state index contributed by atoms with van der Waals surface area (Å²) in [5, 5.41) is 5.33. The lowest BCUT2D eigenvalue weighted by Gasteiger charge is -2.32. The number of hydrogen-bond donors (Lipinski definition) is 2. The summed E-state index contributed by atoms with van der Waals surface area (Å²) in [5.74, 6) is 0. The number of hydrogen-bond acceptors (Lipinski definition) is 7. The molecule has 0 bridgehead atoms. The van der Waals surface area contributed by atoms with Crippen LogP contribution in [0.4, 0.5) is 5.69 Å². The highest BCUT2D eigenvalue weighted by Gasteiger charge is 2.17. The summed E-state index contributed by atoms with van der Waals surface area (Å²) in [7, 11) is 2.14. The molecule has 1 aromatic carbocycles. The van der Waals surface area contributed by atoms with Crippen LogP contribution in [0.1, 0.15) is 4.88 Å². The lowest BCUT2D eigenvalue weighted by atomic mass is 9.99. The van der Waals surface area contributed by atoms with Crippen LogP contribution in [0.15, 0.2) is 65.6 Å². The summed E-state index contributed by atoms with van der Waals surface area (Å²) in [4.78, 5) is 32.3. The van der Waals surface area contributed by atoms with Gasteiger partial charge in [-0.2, -0.15) is 0 Å². The minimum atomic E-state index is -0.151. The van der Waals surface area contributed by atoms with E-state index in [0.29, 0.717) is 18.0 Å². The van der Waals surface area contributed by atoms with E-state index in [9.17, 15) is 4.79 Å². The van der Waals surface area contributed by atoms with E-state index in [0.717, 1.165) is 64.2 Å². The fourth-order valence-corrected chi connectivity index (χ4v) is 5.55. The highest BCUT2D eigenvalue weighted by atomic mass is 32.1. The smallest absolute Gasteiger partial charge is 0.272 e. The normalized spacial score (nSPS) is 15.1. The van der Waals surface area contributed by atoms with E-state index in [1.807, 2.05) is 24.4 Å². The van der Waals surface area contributed by atoms with Gasteiger partial charge in [-0.3, -0.25) is 14.7 Å². The monoisotopic (exact) mass is 496 g/mol. The van der Waals surface area contributed by atoms with Crippen LogP contribution in [0.25, 0.3) is 43.6 Å². The molecule has 6 rings (SSSR count). The van der Waals surface area contributed by atoms with Gasteiger partial charge in [0, 0.05) is 53.6 Å². The Hall–Kier alpha value is -3.59. The Bertz CT molecular complexity index is 1620. The molecule has 5 aromatic rings. The maximum atomic E-state index is 12.9. The summed E-state index contributed by atoms with van der Waals surface area (Å²) in [6, 6.07) is 18.6. The molecule has 0 radical (unpaired) electrons. The number of aromatic amines is 1. The van der Waals surface area contributed by atoms with Gasteiger partial charge in [-0.25, -0.2) is 4.98 Å². The van der Waals surface area contributed by atoms with Gasteiger partial charge in [0.2, 0.25) is 0 Å². The fourth-order valence-electron chi connectivity index (χ4n) is 4.68. The quantitative estimate of drug-likeness (QED) is 0.364. The minimum absolute atomic E-state index is 0.151. The first-order chi connectivity index (χ1) is 17.5. The number of anilines is 1. The van der Waals surface area contributed by atoms with Gasteiger partial charge in [0.1, 0.15) is 11.3 Å². The summed E-state index contributed by atoms with van der Waals surface area (Å²) in [6.45, 7) is 6.79. The van der Waals surface area contributed by atoms with Gasteiger partial charge < -0.3 is 15.2 Å². The predicted octanol–water partition coefficient (Wildman–Crippen LogP) is 4.79. The first-order valence-corrected chi connectivity index (χ1v) is 13.0. The molecule has 5 heterocycles. The van der Waals surface area contributed by atoms with Gasteiger partial charge in [-0.15, -0.1) is 11.3 Å². The number of benzene rings is 1. The van der Waals surface area contributed by atoms with Crippen molar-refractivity contribution in [1.82, 2.24) is 24.8 Å². The molecule has 182 valence electrons. The SMILES string of the molecule is Cc1ccc(-c2nc3[nH]c(=O)c(NCN4CCN(C)CC4)cc3cc2-c2ccc3ncccc3c2)s1. The zero-order valence-corrected chi connectivity index (χ0v) is 21.2. The summed E-state index contributed by atoms with van der Waals surface area (Å²) >= 11 is 1.71. The number of nitrogens with zero attached hydrogens (tertiary/aromatic N) is 4. The zero-order chi connectivity index (χ0) is 24.6. The molecule has 36 heavy (non-hydrogen) atoms. The molecule has 7 nitrogen and oxygen atoms in total. The number of likely N-dealkylation sites (N-methyl/N-ethyl adjacent to an activating group) is 1. The largest absolute Gasteiger partial charge is 0.368 e. The van der Waals surface area contributed by atoms with Gasteiger partial charge >= 0.3 is 0 Å². The number of thiophene rings is 1. The van der Waals surface area contributed by atoms with Crippen LogP contribution < -0.4 is 10.9 Å². The molecule has 0 atom stereocenters. The third-order valence-corrected chi connectivity index (χ3v) is 7.81. The van der Waals surface area contributed by atoms with Crippen molar-refractivity contribution < 1.29 is 0 Å². The van der Waals surface area contributed by atoms with Crippen LogP contribution in [0.2, 0.25) is 0 Å². The molecular formula is C28H28N6OS. The highest BCUT2D eigenvalue weighted by Crippen LogP contribution is 2.37. The van der Waals surface area contributed by atoms with Gasteiger partial charge in [0.25, 0.3) is 5.56 Å². The first-order valence-electron chi connectivity index (χ1n) is 12.2. The van der Waals surface area contributed by atoms with Crippen LogP contribution in [0.5, 0.6) is 0 Å². The molecule has 0 amide bonds. The Morgan fingerprint density at radius 3 is 2.69 bits per heavy atom. The second-order valence-corrected chi connectivity index (χ2v) is 10.7. The molecular weight excluding hydrogens is 468 g/mol. The number of rotatable bonds is 5. The van der Waals surface area contributed by atoms with E-state index in [-0.39, 0.29) is 5.56 Å². The molecule has 1 fully saturated rings. The number of piperazine rings is 1. The molecule has 1 saturated heterocycles. The maximum absolute atomic E-state index is 12.9. The van der Waals surface area contributed by atoms with Gasteiger partial charge in [0.05, 0.1) is 22.8 Å². The molecule has 4 aromatic heterocycles. The Kier molecular flexibility index (Phi) is 6.00. The highest BCUT2D eigenvalue weighted by molar-refractivity contribution is 7.15. The molecule has 0 saturated carbocycles. The average Bonchev–Trinajstić information content (AvgIpc) is 3.33. The number of aromatic nitrogens is 3. The molecule has 0 spiro atoms. The number of nitrogens with one attached hydrogen (secondary N) is 2. The van der Waals surface area contributed by atoms with Crippen molar-refractivity contribution in [2.45, 2.75) is 6.92 Å². The van der Waals surface area contributed by atoms with Crippen molar-refractivity contribution in [2.75, 3.05) is 45.2 Å². The van der Waals surface area contributed by atoms with E-state index in [4.69, 9.17) is 4.98 Å². The van der Waals surface area contributed by atoms with Crippen LogP contribution in [0.3, 0.4) is 0 Å². The van der Waals surface area contributed by atoms with Crippen molar-refractivity contribution in [3.05, 3.63) is 76.0 Å². The average molecular weight is 497 g/mol. The van der Waals surface area contributed by atoms with Crippen molar-refractivity contribution in [1.29, 1.82) is 0 Å². The Balaban J connectivity index is 1.43. The van der Waals surface area contributed by atoms with Crippen LogP contribution in [0, 0.1) is 6.92 Å². The molecule has 0 aliphatic carbocycles. The molecule has 8 heteroatoms. The second-order valence-electron chi connectivity index (χ2n) is 9.41. The van der Waals surface area contributed by atoms with Gasteiger partial charge in [0.15, 0.2) is 0 Å². The number of aryl methyl sites for hydroxylation is 1. The minimum Gasteiger partial charge on any atom is -0.368 e. The van der Waals surface area contributed by atoms with E-state index in [1.54, 1.807) is 11.3 Å².